The highest BCUT2D eigenvalue weighted by Gasteiger charge is 2.27. The molecule has 2 rings (SSSR count). The number of carbonyl (C=O) groups is 3. The van der Waals surface area contributed by atoms with E-state index in [1.54, 1.807) is 32.9 Å². The quantitative estimate of drug-likeness (QED) is 0.747. The van der Waals surface area contributed by atoms with Crippen LogP contribution in [0.2, 0.25) is 0 Å². The molecule has 9 heteroatoms. The average Bonchev–Trinajstić information content (AvgIpc) is 2.64. The Balaban J connectivity index is 1.73. The molecule has 0 atom stereocenters. The summed E-state index contributed by atoms with van der Waals surface area (Å²) < 4.78 is 5.04. The van der Waals surface area contributed by atoms with Gasteiger partial charge in [-0.15, -0.1) is 0 Å². The molecule has 2 heterocycles. The number of nitrogens with zero attached hydrogens (tertiary/aromatic N) is 3. The fourth-order valence-corrected chi connectivity index (χ4v) is 2.77. The summed E-state index contributed by atoms with van der Waals surface area (Å²) in [5.74, 6) is -0.658. The van der Waals surface area contributed by atoms with Crippen molar-refractivity contribution in [2.45, 2.75) is 39.2 Å². The van der Waals surface area contributed by atoms with Gasteiger partial charge in [-0.1, -0.05) is 0 Å². The first-order chi connectivity index (χ1) is 13.2. The van der Waals surface area contributed by atoms with Crippen molar-refractivity contribution in [2.24, 2.45) is 5.92 Å². The zero-order valence-corrected chi connectivity index (χ0v) is 16.3. The third-order valence-electron chi connectivity index (χ3n) is 4.12. The third kappa shape index (κ3) is 6.54. The molecule has 1 aliphatic heterocycles. The number of carbonyl (C=O) groups excluding carboxylic acids is 3. The van der Waals surface area contributed by atoms with Crippen LogP contribution in [0.1, 0.15) is 39.2 Å². The molecule has 0 bridgehead atoms. The lowest BCUT2D eigenvalue weighted by Crippen LogP contribution is -2.49. The smallest absolute Gasteiger partial charge is 0.321 e. The Labute approximate surface area is 164 Å². The molecule has 2 N–H and O–H groups in total. The van der Waals surface area contributed by atoms with Crippen LogP contribution < -0.4 is 15.5 Å². The maximum atomic E-state index is 12.2. The van der Waals surface area contributed by atoms with E-state index in [2.05, 4.69) is 15.6 Å². The highest BCUT2D eigenvalue weighted by molar-refractivity contribution is 5.95. The van der Waals surface area contributed by atoms with Gasteiger partial charge in [-0.25, -0.2) is 9.78 Å². The molecule has 0 aromatic carbocycles. The molecular weight excluding hydrogens is 362 g/mol. The second-order valence-electron chi connectivity index (χ2n) is 7.64. The van der Waals surface area contributed by atoms with Crippen LogP contribution in [-0.4, -0.2) is 48.1 Å². The van der Waals surface area contributed by atoms with Crippen molar-refractivity contribution in [1.29, 1.82) is 5.26 Å². The largest absolute Gasteiger partial charge is 0.455 e. The predicted octanol–water partition coefficient (Wildman–Crippen LogP) is 1.34. The van der Waals surface area contributed by atoms with Crippen molar-refractivity contribution in [1.82, 2.24) is 15.6 Å². The molecule has 0 spiro atoms. The van der Waals surface area contributed by atoms with Gasteiger partial charge in [0.2, 0.25) is 0 Å². The maximum Gasteiger partial charge on any atom is 0.321 e. The van der Waals surface area contributed by atoms with Crippen molar-refractivity contribution in [2.75, 3.05) is 24.6 Å². The van der Waals surface area contributed by atoms with Gasteiger partial charge in [-0.05, 0) is 45.7 Å². The molecule has 0 saturated carbocycles. The number of imide groups is 1. The zero-order chi connectivity index (χ0) is 20.7. The minimum absolute atomic E-state index is 0.300. The Morgan fingerprint density at radius 1 is 1.29 bits per heavy atom. The van der Waals surface area contributed by atoms with E-state index >= 15 is 0 Å². The predicted molar refractivity (Wildman–Crippen MR) is 101 cm³/mol. The Morgan fingerprint density at radius 2 is 1.96 bits per heavy atom. The zero-order valence-electron chi connectivity index (χ0n) is 16.3. The number of pyridine rings is 1. The van der Waals surface area contributed by atoms with Crippen LogP contribution in [0.4, 0.5) is 10.6 Å². The molecule has 3 amide bonds. The number of piperidine rings is 1. The van der Waals surface area contributed by atoms with E-state index in [1.165, 1.54) is 6.20 Å². The second-order valence-corrected chi connectivity index (χ2v) is 7.64. The first kappa shape index (κ1) is 21.2. The fraction of sp³-hybridized carbons (Fsp3) is 0.526. The summed E-state index contributed by atoms with van der Waals surface area (Å²) in [6.07, 6.45) is 2.67. The van der Waals surface area contributed by atoms with Crippen molar-refractivity contribution < 1.29 is 19.1 Å². The molecule has 28 heavy (non-hydrogen) atoms. The minimum atomic E-state index is -0.672. The summed E-state index contributed by atoms with van der Waals surface area (Å²) in [4.78, 5) is 41.8. The number of aromatic nitrogens is 1. The van der Waals surface area contributed by atoms with E-state index in [1.807, 2.05) is 11.0 Å². The van der Waals surface area contributed by atoms with Gasteiger partial charge in [-0.2, -0.15) is 5.26 Å². The number of hydrogen-bond donors (Lipinski definition) is 2. The average molecular weight is 387 g/mol. The normalized spacial score (nSPS) is 14.7. The molecule has 1 saturated heterocycles. The van der Waals surface area contributed by atoms with E-state index in [0.717, 1.165) is 5.82 Å². The first-order valence-electron chi connectivity index (χ1n) is 9.07. The van der Waals surface area contributed by atoms with E-state index < -0.39 is 30.1 Å². The Bertz CT molecular complexity index is 756. The van der Waals surface area contributed by atoms with Crippen LogP contribution in [0.25, 0.3) is 0 Å². The summed E-state index contributed by atoms with van der Waals surface area (Å²) >= 11 is 0. The number of anilines is 1. The van der Waals surface area contributed by atoms with Gasteiger partial charge in [0.1, 0.15) is 11.9 Å². The highest BCUT2D eigenvalue weighted by atomic mass is 16.5. The third-order valence-corrected chi connectivity index (χ3v) is 4.12. The van der Waals surface area contributed by atoms with Crippen LogP contribution in [0.15, 0.2) is 18.3 Å². The molecule has 1 fully saturated rings. The van der Waals surface area contributed by atoms with Crippen LogP contribution >= 0.6 is 0 Å². The summed E-state index contributed by atoms with van der Waals surface area (Å²) in [5, 5.41) is 13.5. The van der Waals surface area contributed by atoms with Crippen LogP contribution in [-0.2, 0) is 14.3 Å². The lowest BCUT2D eigenvalue weighted by atomic mass is 9.97. The van der Waals surface area contributed by atoms with Gasteiger partial charge in [-0.3, -0.25) is 14.9 Å². The molecule has 0 unspecified atom stereocenters. The van der Waals surface area contributed by atoms with Crippen molar-refractivity contribution in [3.05, 3.63) is 23.9 Å². The van der Waals surface area contributed by atoms with E-state index in [4.69, 9.17) is 10.00 Å². The lowest BCUT2D eigenvalue weighted by molar-refractivity contribution is -0.153. The number of ether oxygens (including phenoxy) is 1. The summed E-state index contributed by atoms with van der Waals surface area (Å²) in [7, 11) is 0. The highest BCUT2D eigenvalue weighted by Crippen LogP contribution is 2.22. The molecule has 0 aliphatic carbocycles. The maximum absolute atomic E-state index is 12.2. The number of rotatable bonds is 4. The van der Waals surface area contributed by atoms with Gasteiger partial charge >= 0.3 is 12.0 Å². The van der Waals surface area contributed by atoms with E-state index in [9.17, 15) is 14.4 Å². The number of nitriles is 1. The van der Waals surface area contributed by atoms with Crippen LogP contribution in [0.3, 0.4) is 0 Å². The molecule has 1 aromatic rings. The number of urea groups is 1. The van der Waals surface area contributed by atoms with Crippen molar-refractivity contribution >= 4 is 23.7 Å². The molecule has 1 aliphatic rings. The summed E-state index contributed by atoms with van der Waals surface area (Å²) in [6, 6.07) is 4.88. The van der Waals surface area contributed by atoms with Gasteiger partial charge < -0.3 is 15.0 Å². The van der Waals surface area contributed by atoms with Gasteiger partial charge in [0, 0.05) is 24.8 Å². The number of hydrogen-bond acceptors (Lipinski definition) is 7. The number of amides is 3. The lowest BCUT2D eigenvalue weighted by Gasteiger charge is -2.31. The molecule has 0 radical (unpaired) electrons. The Morgan fingerprint density at radius 3 is 2.50 bits per heavy atom. The van der Waals surface area contributed by atoms with Gasteiger partial charge in [0.05, 0.1) is 11.5 Å². The standard InChI is InChI=1S/C19H25N5O4/c1-19(2,3)23-18(27)22-16(25)12-28-17(26)14-6-8-24(9-7-14)15-5-4-13(10-20)11-21-15/h4-5,11,14H,6-9,12H2,1-3H3,(H2,22,23,25,27). The number of nitrogens with one attached hydrogen (secondary N) is 2. The topological polar surface area (TPSA) is 124 Å². The molecule has 9 nitrogen and oxygen atoms in total. The van der Waals surface area contributed by atoms with Crippen molar-refractivity contribution in [3.63, 3.8) is 0 Å². The van der Waals surface area contributed by atoms with E-state index in [0.29, 0.717) is 31.5 Å². The van der Waals surface area contributed by atoms with Gasteiger partial charge in [0.25, 0.3) is 5.91 Å². The number of esters is 1. The van der Waals surface area contributed by atoms with E-state index in [-0.39, 0.29) is 5.92 Å². The second kappa shape index (κ2) is 9.17. The van der Waals surface area contributed by atoms with Crippen molar-refractivity contribution in [3.8, 4) is 6.07 Å². The van der Waals surface area contributed by atoms with Crippen LogP contribution in [0.5, 0.6) is 0 Å². The molecule has 1 aromatic heterocycles. The Kier molecular flexibility index (Phi) is 6.93. The Hall–Kier alpha value is -3.15. The SMILES string of the molecule is CC(C)(C)NC(=O)NC(=O)COC(=O)C1CCN(c2ccc(C#N)cn2)CC1. The molecule has 150 valence electrons. The fourth-order valence-electron chi connectivity index (χ4n) is 2.77. The van der Waals surface area contributed by atoms with Crippen LogP contribution in [0, 0.1) is 17.2 Å². The summed E-state index contributed by atoms with van der Waals surface area (Å²) in [5.41, 5.74) is 0.0235. The summed E-state index contributed by atoms with van der Waals surface area (Å²) in [6.45, 7) is 6.12. The monoisotopic (exact) mass is 387 g/mol. The van der Waals surface area contributed by atoms with Gasteiger partial charge in [0.15, 0.2) is 6.61 Å². The first-order valence-corrected chi connectivity index (χ1v) is 9.07. The minimum Gasteiger partial charge on any atom is -0.455 e. The molecular formula is C19H25N5O4.